The number of hydrogen-bond donors (Lipinski definition) is 2. The SMILES string of the molecule is O=C(CCC(=O)c1ccc2c(c1)OCCO2)NC1CCN(C(=O)NC2CCCCC2)CC1. The van der Waals surface area contributed by atoms with Gasteiger partial charge in [0.15, 0.2) is 17.3 Å². The summed E-state index contributed by atoms with van der Waals surface area (Å²) in [6.07, 6.45) is 7.56. The molecule has 2 heterocycles. The Hall–Kier alpha value is -2.77. The minimum absolute atomic E-state index is 0.0201. The third-order valence-corrected chi connectivity index (χ3v) is 6.52. The minimum Gasteiger partial charge on any atom is -0.486 e. The Morgan fingerprint density at radius 2 is 1.53 bits per heavy atom. The fourth-order valence-electron chi connectivity index (χ4n) is 4.63. The molecule has 1 saturated carbocycles. The van der Waals surface area contributed by atoms with Crippen molar-refractivity contribution in [1.82, 2.24) is 15.5 Å². The third kappa shape index (κ3) is 5.93. The number of ether oxygens (including phenoxy) is 2. The van der Waals surface area contributed by atoms with Crippen LogP contribution in [-0.4, -0.2) is 61.0 Å². The molecule has 3 amide bonds. The standard InChI is InChI=1S/C24H33N3O5/c28-20(17-6-8-21-22(16-17)32-15-14-31-21)7-9-23(29)25-19-10-12-27(13-11-19)24(30)26-18-4-2-1-3-5-18/h6,8,16,18-19H,1-5,7,9-15H2,(H,25,29)(H,26,30). The zero-order valence-electron chi connectivity index (χ0n) is 18.6. The molecule has 1 aromatic rings. The summed E-state index contributed by atoms with van der Waals surface area (Å²) in [7, 11) is 0. The molecular weight excluding hydrogens is 410 g/mol. The first-order valence-corrected chi connectivity index (χ1v) is 11.9. The molecule has 0 radical (unpaired) electrons. The Labute approximate surface area is 189 Å². The lowest BCUT2D eigenvalue weighted by Gasteiger charge is -2.34. The summed E-state index contributed by atoms with van der Waals surface area (Å²) in [5.41, 5.74) is 0.527. The van der Waals surface area contributed by atoms with Gasteiger partial charge in [-0.1, -0.05) is 19.3 Å². The van der Waals surface area contributed by atoms with Crippen molar-refractivity contribution in [2.45, 2.75) is 69.9 Å². The second-order valence-corrected chi connectivity index (χ2v) is 8.89. The van der Waals surface area contributed by atoms with Crippen molar-refractivity contribution >= 4 is 17.7 Å². The maximum absolute atomic E-state index is 12.5. The summed E-state index contributed by atoms with van der Waals surface area (Å²) in [6, 6.07) is 5.50. The molecule has 0 bridgehead atoms. The van der Waals surface area contributed by atoms with Crippen molar-refractivity contribution in [3.63, 3.8) is 0 Å². The van der Waals surface area contributed by atoms with Crippen LogP contribution in [0.1, 0.15) is 68.1 Å². The Morgan fingerprint density at radius 3 is 2.28 bits per heavy atom. The van der Waals surface area contributed by atoms with Crippen molar-refractivity contribution in [3.8, 4) is 11.5 Å². The summed E-state index contributed by atoms with van der Waals surface area (Å²) in [5, 5.41) is 6.18. The summed E-state index contributed by atoms with van der Waals surface area (Å²) in [4.78, 5) is 39.2. The van der Waals surface area contributed by atoms with Crippen molar-refractivity contribution in [2.24, 2.45) is 0 Å². The number of carbonyl (C=O) groups is 3. The molecule has 8 nitrogen and oxygen atoms in total. The van der Waals surface area contributed by atoms with Gasteiger partial charge in [0.1, 0.15) is 13.2 Å². The van der Waals surface area contributed by atoms with E-state index in [1.54, 1.807) is 18.2 Å². The molecule has 3 aliphatic rings. The van der Waals surface area contributed by atoms with E-state index in [1.807, 2.05) is 4.90 Å². The first-order chi connectivity index (χ1) is 15.6. The largest absolute Gasteiger partial charge is 0.486 e. The monoisotopic (exact) mass is 443 g/mol. The molecule has 1 aromatic carbocycles. The lowest BCUT2D eigenvalue weighted by Crippen LogP contribution is -2.51. The molecule has 4 rings (SSSR count). The number of urea groups is 1. The van der Waals surface area contributed by atoms with E-state index in [2.05, 4.69) is 10.6 Å². The van der Waals surface area contributed by atoms with Gasteiger partial charge in [0.25, 0.3) is 0 Å². The number of fused-ring (bicyclic) bond motifs is 1. The van der Waals surface area contributed by atoms with E-state index in [9.17, 15) is 14.4 Å². The first kappa shape index (κ1) is 22.4. The number of carbonyl (C=O) groups excluding carboxylic acids is 3. The molecule has 32 heavy (non-hydrogen) atoms. The van der Waals surface area contributed by atoms with Crippen LogP contribution in [0.3, 0.4) is 0 Å². The number of Topliss-reactive ketones (excluding diaryl/α,β-unsaturated/α-hetero) is 1. The van der Waals surface area contributed by atoms with Gasteiger partial charge in [-0.3, -0.25) is 9.59 Å². The molecule has 1 aliphatic carbocycles. The number of benzene rings is 1. The molecule has 0 unspecified atom stereocenters. The van der Waals surface area contributed by atoms with Crippen LogP contribution < -0.4 is 20.1 Å². The van der Waals surface area contributed by atoms with Crippen LogP contribution in [0.25, 0.3) is 0 Å². The van der Waals surface area contributed by atoms with Crippen LogP contribution in [0.4, 0.5) is 4.79 Å². The van der Waals surface area contributed by atoms with E-state index in [-0.39, 0.29) is 36.6 Å². The second kappa shape index (κ2) is 10.7. The fraction of sp³-hybridized carbons (Fsp3) is 0.625. The summed E-state index contributed by atoms with van der Waals surface area (Å²) < 4.78 is 11.0. The van der Waals surface area contributed by atoms with E-state index in [0.717, 1.165) is 25.7 Å². The summed E-state index contributed by atoms with van der Waals surface area (Å²) >= 11 is 0. The van der Waals surface area contributed by atoms with Gasteiger partial charge in [-0.05, 0) is 43.9 Å². The average Bonchev–Trinajstić information content (AvgIpc) is 2.83. The van der Waals surface area contributed by atoms with E-state index < -0.39 is 0 Å². The normalized spacial score (nSPS) is 19.3. The van der Waals surface area contributed by atoms with Crippen molar-refractivity contribution in [1.29, 1.82) is 0 Å². The molecule has 8 heteroatoms. The van der Waals surface area contributed by atoms with Crippen LogP contribution in [-0.2, 0) is 4.79 Å². The highest BCUT2D eigenvalue weighted by Gasteiger charge is 2.26. The Kier molecular flexibility index (Phi) is 7.50. The number of nitrogens with zero attached hydrogens (tertiary/aromatic N) is 1. The van der Waals surface area contributed by atoms with Gasteiger partial charge in [-0.2, -0.15) is 0 Å². The van der Waals surface area contributed by atoms with Gasteiger partial charge in [0.05, 0.1) is 0 Å². The zero-order valence-corrected chi connectivity index (χ0v) is 18.6. The van der Waals surface area contributed by atoms with Gasteiger partial charge in [-0.15, -0.1) is 0 Å². The highest BCUT2D eigenvalue weighted by atomic mass is 16.6. The van der Waals surface area contributed by atoms with Crippen LogP contribution in [0, 0.1) is 0 Å². The maximum atomic E-state index is 12.5. The van der Waals surface area contributed by atoms with Gasteiger partial charge in [-0.25, -0.2) is 4.79 Å². The first-order valence-electron chi connectivity index (χ1n) is 11.9. The van der Waals surface area contributed by atoms with Crippen molar-refractivity contribution in [2.75, 3.05) is 26.3 Å². The third-order valence-electron chi connectivity index (χ3n) is 6.52. The number of nitrogens with one attached hydrogen (secondary N) is 2. The van der Waals surface area contributed by atoms with Gasteiger partial charge < -0.3 is 25.0 Å². The van der Waals surface area contributed by atoms with Gasteiger partial charge >= 0.3 is 6.03 Å². The van der Waals surface area contributed by atoms with Gasteiger partial charge in [0.2, 0.25) is 5.91 Å². The highest BCUT2D eigenvalue weighted by molar-refractivity contribution is 5.98. The molecule has 1 saturated heterocycles. The lowest BCUT2D eigenvalue weighted by molar-refractivity contribution is -0.122. The molecule has 2 aliphatic heterocycles. The maximum Gasteiger partial charge on any atom is 0.317 e. The summed E-state index contributed by atoms with van der Waals surface area (Å²) in [5.74, 6) is 1.00. The van der Waals surface area contributed by atoms with Crippen molar-refractivity contribution in [3.05, 3.63) is 23.8 Å². The Balaban J connectivity index is 1.16. The smallest absolute Gasteiger partial charge is 0.317 e. The molecule has 0 spiro atoms. The van der Waals surface area contributed by atoms with E-state index in [0.29, 0.717) is 49.4 Å². The lowest BCUT2D eigenvalue weighted by atomic mass is 9.95. The topological polar surface area (TPSA) is 97.0 Å². The quantitative estimate of drug-likeness (QED) is 0.659. The zero-order chi connectivity index (χ0) is 22.3. The average molecular weight is 444 g/mol. The van der Waals surface area contributed by atoms with E-state index >= 15 is 0 Å². The predicted octanol–water partition coefficient (Wildman–Crippen LogP) is 3.04. The minimum atomic E-state index is -0.124. The Morgan fingerprint density at radius 1 is 0.844 bits per heavy atom. The summed E-state index contributed by atoms with van der Waals surface area (Å²) in [6.45, 7) is 2.25. The molecular formula is C24H33N3O5. The van der Waals surface area contributed by atoms with Crippen LogP contribution >= 0.6 is 0 Å². The predicted molar refractivity (Wildman–Crippen MR) is 119 cm³/mol. The van der Waals surface area contributed by atoms with Gasteiger partial charge in [0, 0.05) is 43.6 Å². The molecule has 2 N–H and O–H groups in total. The van der Waals surface area contributed by atoms with E-state index in [4.69, 9.17) is 9.47 Å². The number of ketones is 1. The van der Waals surface area contributed by atoms with Crippen molar-refractivity contribution < 1.29 is 23.9 Å². The highest BCUT2D eigenvalue weighted by Crippen LogP contribution is 2.31. The number of rotatable bonds is 6. The van der Waals surface area contributed by atoms with Crippen LogP contribution in [0.15, 0.2) is 18.2 Å². The van der Waals surface area contributed by atoms with E-state index in [1.165, 1.54) is 19.3 Å². The van der Waals surface area contributed by atoms with Crippen LogP contribution in [0.5, 0.6) is 11.5 Å². The molecule has 174 valence electrons. The second-order valence-electron chi connectivity index (χ2n) is 8.89. The fourth-order valence-corrected chi connectivity index (χ4v) is 4.63. The Bertz CT molecular complexity index is 829. The number of hydrogen-bond acceptors (Lipinski definition) is 5. The molecule has 2 fully saturated rings. The molecule has 0 aromatic heterocycles. The number of likely N-dealkylation sites (tertiary alicyclic amines) is 1. The molecule has 0 atom stereocenters. The van der Waals surface area contributed by atoms with Crippen LogP contribution in [0.2, 0.25) is 0 Å². The number of amides is 3. The number of piperidine rings is 1.